The Labute approximate surface area is 202 Å². The molecule has 0 radical (unpaired) electrons. The number of hydrogen-bond donors (Lipinski definition) is 2. The Bertz CT molecular complexity index is 818. The van der Waals surface area contributed by atoms with Crippen LogP contribution in [0.15, 0.2) is 36.4 Å². The number of anilines is 2. The summed E-state index contributed by atoms with van der Waals surface area (Å²) in [5.41, 5.74) is 7.33. The van der Waals surface area contributed by atoms with Crippen LogP contribution in [0.1, 0.15) is 0 Å². The van der Waals surface area contributed by atoms with Crippen LogP contribution in [-0.4, -0.2) is 76.8 Å². The Hall–Kier alpha value is -2.26. The summed E-state index contributed by atoms with van der Waals surface area (Å²) in [6.07, 6.45) is -0.565. The van der Waals surface area contributed by atoms with Gasteiger partial charge >= 0.3 is 0 Å². The van der Waals surface area contributed by atoms with Gasteiger partial charge in [0.25, 0.3) is 0 Å². The predicted octanol–water partition coefficient (Wildman–Crippen LogP) is 2.70. The molecule has 0 saturated carbocycles. The highest BCUT2D eigenvalue weighted by Gasteiger charge is 2.24. The maximum absolute atomic E-state index is 10.4. The van der Waals surface area contributed by atoms with Crippen LogP contribution in [0.5, 0.6) is 23.0 Å². The molecule has 1 aliphatic heterocycles. The minimum absolute atomic E-state index is 0. The zero-order valence-corrected chi connectivity index (χ0v) is 20.3. The molecule has 0 bridgehead atoms. The number of hydrogen-bond acceptors (Lipinski definition) is 8. The van der Waals surface area contributed by atoms with Gasteiger partial charge in [-0.2, -0.15) is 0 Å². The lowest BCUT2D eigenvalue weighted by Crippen LogP contribution is -2.49. The minimum atomic E-state index is -0.565. The first kappa shape index (κ1) is 27.8. The van der Waals surface area contributed by atoms with E-state index in [4.69, 9.17) is 24.7 Å². The molecule has 180 valence electrons. The van der Waals surface area contributed by atoms with Gasteiger partial charge in [0.05, 0.1) is 27.0 Å². The van der Waals surface area contributed by atoms with Gasteiger partial charge in [-0.25, -0.2) is 0 Å². The number of β-amino-alcohol motifs (C(OH)–C–C–N with tert-alkyl or cyclic N) is 1. The van der Waals surface area contributed by atoms with Crippen LogP contribution >= 0.6 is 24.8 Å². The van der Waals surface area contributed by atoms with Gasteiger partial charge in [-0.15, -0.1) is 24.8 Å². The number of methoxy groups -OCH3 is 3. The molecule has 0 aromatic heterocycles. The van der Waals surface area contributed by atoms with E-state index in [2.05, 4.69) is 9.80 Å². The van der Waals surface area contributed by atoms with Crippen LogP contribution in [0.2, 0.25) is 0 Å². The Morgan fingerprint density at radius 1 is 0.875 bits per heavy atom. The fourth-order valence-corrected chi connectivity index (χ4v) is 3.61. The third-order valence-electron chi connectivity index (χ3n) is 5.19. The molecule has 1 heterocycles. The first-order chi connectivity index (χ1) is 14.5. The van der Waals surface area contributed by atoms with Gasteiger partial charge in [0.1, 0.15) is 18.5 Å². The van der Waals surface area contributed by atoms with E-state index >= 15 is 0 Å². The number of halogens is 2. The van der Waals surface area contributed by atoms with Gasteiger partial charge in [0, 0.05) is 38.4 Å². The van der Waals surface area contributed by atoms with E-state index in [0.29, 0.717) is 35.2 Å². The second-order valence-electron chi connectivity index (χ2n) is 7.17. The van der Waals surface area contributed by atoms with Crippen molar-refractivity contribution >= 4 is 36.2 Å². The summed E-state index contributed by atoms with van der Waals surface area (Å²) in [6, 6.07) is 11.0. The van der Waals surface area contributed by atoms with Crippen molar-refractivity contribution in [3.05, 3.63) is 36.4 Å². The fourth-order valence-electron chi connectivity index (χ4n) is 3.61. The Morgan fingerprint density at radius 2 is 1.50 bits per heavy atom. The van der Waals surface area contributed by atoms with Gasteiger partial charge in [-0.1, -0.05) is 0 Å². The third kappa shape index (κ3) is 6.87. The highest BCUT2D eigenvalue weighted by molar-refractivity contribution is 5.85. The first-order valence-corrected chi connectivity index (χ1v) is 9.98. The molecule has 10 heteroatoms. The molecule has 3 N–H and O–H groups in total. The monoisotopic (exact) mass is 489 g/mol. The van der Waals surface area contributed by atoms with Crippen molar-refractivity contribution in [2.45, 2.75) is 6.10 Å². The molecule has 1 fully saturated rings. The SMILES string of the molecule is COc1ccc(N2CCN(CC(O)COc3ccc(N)cc3)CC2)c(OC)c1OC.Cl.Cl. The van der Waals surface area contributed by atoms with Crippen LogP contribution in [0.4, 0.5) is 11.4 Å². The van der Waals surface area contributed by atoms with Crippen molar-refractivity contribution < 1.29 is 24.1 Å². The standard InChI is InChI=1S/C22H31N3O5.2ClH/c1-27-20-9-8-19(21(28-2)22(20)29-3)25-12-10-24(11-13-25)14-17(26)15-30-18-6-4-16(23)5-7-18;;/h4-9,17,26H,10-15,23H2,1-3H3;2*1H. The van der Waals surface area contributed by atoms with Crippen molar-refractivity contribution in [3.63, 3.8) is 0 Å². The van der Waals surface area contributed by atoms with Crippen LogP contribution in [0.3, 0.4) is 0 Å². The molecule has 32 heavy (non-hydrogen) atoms. The van der Waals surface area contributed by atoms with Crippen molar-refractivity contribution in [2.24, 2.45) is 0 Å². The summed E-state index contributed by atoms with van der Waals surface area (Å²) >= 11 is 0. The smallest absolute Gasteiger partial charge is 0.205 e. The van der Waals surface area contributed by atoms with Crippen LogP contribution in [0.25, 0.3) is 0 Å². The van der Waals surface area contributed by atoms with Crippen molar-refractivity contribution in [1.29, 1.82) is 0 Å². The van der Waals surface area contributed by atoms with Gasteiger partial charge in [-0.05, 0) is 36.4 Å². The first-order valence-electron chi connectivity index (χ1n) is 9.98. The lowest BCUT2D eigenvalue weighted by atomic mass is 10.2. The molecular weight excluding hydrogens is 457 g/mol. The molecule has 1 unspecified atom stereocenters. The number of piperazine rings is 1. The van der Waals surface area contributed by atoms with Gasteiger partial charge in [0.2, 0.25) is 5.75 Å². The molecule has 0 amide bonds. The second-order valence-corrected chi connectivity index (χ2v) is 7.17. The summed E-state index contributed by atoms with van der Waals surface area (Å²) < 4.78 is 22.1. The predicted molar refractivity (Wildman–Crippen MR) is 132 cm³/mol. The van der Waals surface area contributed by atoms with Crippen molar-refractivity contribution in [3.8, 4) is 23.0 Å². The summed E-state index contributed by atoms with van der Waals surface area (Å²) in [6.45, 7) is 4.10. The van der Waals surface area contributed by atoms with Crippen LogP contribution in [-0.2, 0) is 0 Å². The maximum Gasteiger partial charge on any atom is 0.205 e. The van der Waals surface area contributed by atoms with Crippen LogP contribution < -0.4 is 29.6 Å². The number of benzene rings is 2. The number of nitrogens with zero attached hydrogens (tertiary/aromatic N) is 2. The van der Waals surface area contributed by atoms with E-state index in [0.717, 1.165) is 31.9 Å². The Kier molecular flexibility index (Phi) is 11.6. The molecule has 1 atom stereocenters. The molecular formula is C22H33Cl2N3O5. The molecule has 0 aliphatic carbocycles. The molecule has 3 rings (SSSR count). The molecule has 1 aliphatic rings. The Morgan fingerprint density at radius 3 is 2.06 bits per heavy atom. The molecule has 8 nitrogen and oxygen atoms in total. The average molecular weight is 490 g/mol. The zero-order valence-electron chi connectivity index (χ0n) is 18.7. The van der Waals surface area contributed by atoms with E-state index in [-0.39, 0.29) is 31.4 Å². The van der Waals surface area contributed by atoms with Gasteiger partial charge < -0.3 is 34.7 Å². The van der Waals surface area contributed by atoms with E-state index in [9.17, 15) is 5.11 Å². The average Bonchev–Trinajstić information content (AvgIpc) is 2.78. The summed E-state index contributed by atoms with van der Waals surface area (Å²) in [5, 5.41) is 10.4. The van der Waals surface area contributed by atoms with E-state index < -0.39 is 6.10 Å². The number of ether oxygens (including phenoxy) is 4. The molecule has 1 saturated heterocycles. The number of nitrogen functional groups attached to an aromatic ring is 1. The minimum Gasteiger partial charge on any atom is -0.493 e. The quantitative estimate of drug-likeness (QED) is 0.519. The number of aliphatic hydroxyl groups is 1. The summed E-state index contributed by atoms with van der Waals surface area (Å²) in [4.78, 5) is 4.50. The van der Waals surface area contributed by atoms with Crippen molar-refractivity contribution in [1.82, 2.24) is 4.90 Å². The van der Waals surface area contributed by atoms with E-state index in [1.54, 1.807) is 45.6 Å². The highest BCUT2D eigenvalue weighted by atomic mass is 35.5. The van der Waals surface area contributed by atoms with E-state index in [1.165, 1.54) is 0 Å². The number of aliphatic hydroxyl groups excluding tert-OH is 1. The third-order valence-corrected chi connectivity index (χ3v) is 5.19. The van der Waals surface area contributed by atoms with Gasteiger partial charge in [0.15, 0.2) is 11.5 Å². The summed E-state index contributed by atoms with van der Waals surface area (Å²) in [7, 11) is 4.85. The molecule has 2 aromatic rings. The zero-order chi connectivity index (χ0) is 21.5. The highest BCUT2D eigenvalue weighted by Crippen LogP contribution is 2.44. The topological polar surface area (TPSA) is 89.7 Å². The summed E-state index contributed by atoms with van der Waals surface area (Å²) in [5.74, 6) is 2.60. The second kappa shape index (κ2) is 13.3. The maximum atomic E-state index is 10.4. The lowest BCUT2D eigenvalue weighted by molar-refractivity contribution is 0.0663. The van der Waals surface area contributed by atoms with E-state index in [1.807, 2.05) is 12.1 Å². The normalized spacial score (nSPS) is 14.6. The number of nitrogens with two attached hydrogens (primary N) is 1. The Balaban J connectivity index is 0.00000256. The fraction of sp³-hybridized carbons (Fsp3) is 0.455. The van der Waals surface area contributed by atoms with Gasteiger partial charge in [-0.3, -0.25) is 4.90 Å². The lowest BCUT2D eigenvalue weighted by Gasteiger charge is -2.37. The van der Waals surface area contributed by atoms with Crippen LogP contribution in [0, 0.1) is 0 Å². The number of rotatable bonds is 9. The largest absolute Gasteiger partial charge is 0.493 e. The molecule has 2 aromatic carbocycles. The molecule has 0 spiro atoms. The van der Waals surface area contributed by atoms with Crippen molar-refractivity contribution in [2.75, 3.05) is 71.3 Å².